The molecular formula is C20H21ClN2O2. The van der Waals surface area contributed by atoms with Gasteiger partial charge in [-0.2, -0.15) is 0 Å². The SMILES string of the molecule is Cc1[nH]c2ccc(Cl)cc2c1CC(=O)Nc1ccc(OC(C)C)cc1. The zero-order valence-electron chi connectivity index (χ0n) is 14.5. The molecular weight excluding hydrogens is 336 g/mol. The van der Waals surface area contributed by atoms with E-state index in [2.05, 4.69) is 10.3 Å². The van der Waals surface area contributed by atoms with Gasteiger partial charge in [0.1, 0.15) is 5.75 Å². The van der Waals surface area contributed by atoms with Gasteiger partial charge >= 0.3 is 0 Å². The number of ether oxygens (including phenoxy) is 1. The minimum Gasteiger partial charge on any atom is -0.491 e. The van der Waals surface area contributed by atoms with Crippen LogP contribution in [0.4, 0.5) is 5.69 Å². The summed E-state index contributed by atoms with van der Waals surface area (Å²) in [6.45, 7) is 5.92. The van der Waals surface area contributed by atoms with Crippen LogP contribution in [-0.2, 0) is 11.2 Å². The van der Waals surface area contributed by atoms with E-state index in [0.717, 1.165) is 33.6 Å². The first kappa shape index (κ1) is 17.4. The predicted octanol–water partition coefficient (Wildman–Crippen LogP) is 5.10. The molecule has 3 aromatic rings. The average molecular weight is 357 g/mol. The fourth-order valence-corrected chi connectivity index (χ4v) is 3.01. The van der Waals surface area contributed by atoms with E-state index in [1.165, 1.54) is 0 Å². The third kappa shape index (κ3) is 4.15. The van der Waals surface area contributed by atoms with Gasteiger partial charge < -0.3 is 15.0 Å². The molecule has 0 aliphatic heterocycles. The molecule has 2 aromatic carbocycles. The van der Waals surface area contributed by atoms with Crippen LogP contribution in [0.25, 0.3) is 10.9 Å². The van der Waals surface area contributed by atoms with Crippen LogP contribution in [0.15, 0.2) is 42.5 Å². The predicted molar refractivity (Wildman–Crippen MR) is 103 cm³/mol. The van der Waals surface area contributed by atoms with E-state index in [9.17, 15) is 4.79 Å². The lowest BCUT2D eigenvalue weighted by Gasteiger charge is -2.10. The summed E-state index contributed by atoms with van der Waals surface area (Å²) in [6.07, 6.45) is 0.410. The number of H-pyrrole nitrogens is 1. The molecule has 0 saturated heterocycles. The Kier molecular flexibility index (Phi) is 5.00. The van der Waals surface area contributed by atoms with E-state index >= 15 is 0 Å². The molecule has 3 rings (SSSR count). The molecule has 130 valence electrons. The van der Waals surface area contributed by atoms with Crippen LogP contribution < -0.4 is 10.1 Å². The Morgan fingerprint density at radius 3 is 2.60 bits per heavy atom. The third-order valence-electron chi connectivity index (χ3n) is 3.93. The Balaban J connectivity index is 1.72. The maximum absolute atomic E-state index is 12.4. The van der Waals surface area contributed by atoms with E-state index in [1.54, 1.807) is 0 Å². The van der Waals surface area contributed by atoms with Crippen molar-refractivity contribution < 1.29 is 9.53 Å². The monoisotopic (exact) mass is 356 g/mol. The quantitative estimate of drug-likeness (QED) is 0.668. The number of halogens is 1. The highest BCUT2D eigenvalue weighted by Gasteiger charge is 2.13. The number of hydrogen-bond acceptors (Lipinski definition) is 2. The number of hydrogen-bond donors (Lipinski definition) is 2. The number of nitrogens with one attached hydrogen (secondary N) is 2. The molecule has 1 heterocycles. The van der Waals surface area contributed by atoms with Gasteiger partial charge in [-0.1, -0.05) is 11.6 Å². The lowest BCUT2D eigenvalue weighted by Crippen LogP contribution is -2.14. The maximum Gasteiger partial charge on any atom is 0.228 e. The molecule has 4 nitrogen and oxygen atoms in total. The van der Waals surface area contributed by atoms with Crippen molar-refractivity contribution in [2.75, 3.05) is 5.32 Å². The Morgan fingerprint density at radius 1 is 1.20 bits per heavy atom. The molecule has 0 aliphatic rings. The van der Waals surface area contributed by atoms with Gasteiger partial charge in [0.2, 0.25) is 5.91 Å². The number of aromatic nitrogens is 1. The fourth-order valence-electron chi connectivity index (χ4n) is 2.84. The number of fused-ring (bicyclic) bond motifs is 1. The molecule has 5 heteroatoms. The summed E-state index contributed by atoms with van der Waals surface area (Å²) in [5, 5.41) is 4.57. The summed E-state index contributed by atoms with van der Waals surface area (Å²) in [4.78, 5) is 15.7. The smallest absolute Gasteiger partial charge is 0.228 e. The summed E-state index contributed by atoms with van der Waals surface area (Å²) in [5.41, 5.74) is 3.68. The molecule has 0 fully saturated rings. The van der Waals surface area contributed by atoms with Crippen LogP contribution in [0.1, 0.15) is 25.1 Å². The van der Waals surface area contributed by atoms with E-state index in [0.29, 0.717) is 5.02 Å². The second-order valence-corrected chi connectivity index (χ2v) is 6.77. The molecule has 1 aromatic heterocycles. The summed E-state index contributed by atoms with van der Waals surface area (Å²) in [5.74, 6) is 0.719. The van der Waals surface area contributed by atoms with Gasteiger partial charge in [-0.25, -0.2) is 0 Å². The Morgan fingerprint density at radius 2 is 1.92 bits per heavy atom. The molecule has 25 heavy (non-hydrogen) atoms. The molecule has 1 amide bonds. The van der Waals surface area contributed by atoms with Gasteiger partial charge in [0, 0.05) is 27.3 Å². The van der Waals surface area contributed by atoms with Crippen molar-refractivity contribution in [3.8, 4) is 5.75 Å². The van der Waals surface area contributed by atoms with Crippen LogP contribution >= 0.6 is 11.6 Å². The minimum atomic E-state index is -0.0681. The molecule has 0 radical (unpaired) electrons. The van der Waals surface area contributed by atoms with Crippen LogP contribution in [0, 0.1) is 6.92 Å². The summed E-state index contributed by atoms with van der Waals surface area (Å²) < 4.78 is 5.61. The highest BCUT2D eigenvalue weighted by Crippen LogP contribution is 2.26. The van der Waals surface area contributed by atoms with Gasteiger partial charge in [0.05, 0.1) is 12.5 Å². The highest BCUT2D eigenvalue weighted by atomic mass is 35.5. The number of anilines is 1. The first-order chi connectivity index (χ1) is 11.9. The normalized spacial score (nSPS) is 11.1. The molecule has 2 N–H and O–H groups in total. The molecule has 0 unspecified atom stereocenters. The standard InChI is InChI=1S/C20H21ClN2O2/c1-12(2)25-16-7-5-15(6-8-16)23-20(24)11-17-13(3)22-19-9-4-14(21)10-18(17)19/h4-10,12,22H,11H2,1-3H3,(H,23,24). The van der Waals surface area contributed by atoms with Crippen molar-refractivity contribution in [2.24, 2.45) is 0 Å². The highest BCUT2D eigenvalue weighted by molar-refractivity contribution is 6.31. The summed E-state index contributed by atoms with van der Waals surface area (Å²) in [7, 11) is 0. The Hall–Kier alpha value is -2.46. The van der Waals surface area contributed by atoms with Gasteiger partial charge in [-0.15, -0.1) is 0 Å². The van der Waals surface area contributed by atoms with E-state index in [-0.39, 0.29) is 18.4 Å². The zero-order valence-corrected chi connectivity index (χ0v) is 15.3. The Bertz CT molecular complexity index is 898. The number of carbonyl (C=O) groups is 1. The van der Waals surface area contributed by atoms with Crippen LogP contribution in [-0.4, -0.2) is 17.0 Å². The minimum absolute atomic E-state index is 0.0681. The summed E-state index contributed by atoms with van der Waals surface area (Å²) in [6, 6.07) is 13.0. The topological polar surface area (TPSA) is 54.1 Å². The molecule has 0 bridgehead atoms. The average Bonchev–Trinajstić information content (AvgIpc) is 2.84. The zero-order chi connectivity index (χ0) is 18.0. The van der Waals surface area contributed by atoms with Gasteiger partial charge in [-0.3, -0.25) is 4.79 Å². The van der Waals surface area contributed by atoms with E-state index < -0.39 is 0 Å². The number of benzene rings is 2. The molecule has 0 aliphatic carbocycles. The van der Waals surface area contributed by atoms with E-state index in [1.807, 2.05) is 63.2 Å². The summed E-state index contributed by atoms with van der Waals surface area (Å²) >= 11 is 6.09. The lowest BCUT2D eigenvalue weighted by atomic mass is 10.1. The van der Waals surface area contributed by atoms with Crippen molar-refractivity contribution >= 4 is 34.1 Å². The second-order valence-electron chi connectivity index (χ2n) is 6.33. The van der Waals surface area contributed by atoms with Crippen molar-refractivity contribution in [1.29, 1.82) is 0 Å². The van der Waals surface area contributed by atoms with Crippen molar-refractivity contribution in [3.05, 3.63) is 58.7 Å². The maximum atomic E-state index is 12.4. The number of carbonyl (C=O) groups excluding carboxylic acids is 1. The third-order valence-corrected chi connectivity index (χ3v) is 4.16. The largest absolute Gasteiger partial charge is 0.491 e. The van der Waals surface area contributed by atoms with Gasteiger partial charge in [0.15, 0.2) is 0 Å². The first-order valence-corrected chi connectivity index (χ1v) is 8.63. The van der Waals surface area contributed by atoms with Crippen molar-refractivity contribution in [1.82, 2.24) is 4.98 Å². The molecule has 0 saturated carbocycles. The van der Waals surface area contributed by atoms with Crippen molar-refractivity contribution in [2.45, 2.75) is 33.3 Å². The fraction of sp³-hybridized carbons (Fsp3) is 0.250. The lowest BCUT2D eigenvalue weighted by molar-refractivity contribution is -0.115. The molecule has 0 atom stereocenters. The Labute approximate surface area is 152 Å². The van der Waals surface area contributed by atoms with Gasteiger partial charge in [-0.05, 0) is 68.8 Å². The van der Waals surface area contributed by atoms with Gasteiger partial charge in [0.25, 0.3) is 0 Å². The van der Waals surface area contributed by atoms with Crippen molar-refractivity contribution in [3.63, 3.8) is 0 Å². The number of amides is 1. The second kappa shape index (κ2) is 7.19. The van der Waals surface area contributed by atoms with Crippen LogP contribution in [0.5, 0.6) is 5.75 Å². The number of aryl methyl sites for hydroxylation is 1. The number of rotatable bonds is 5. The van der Waals surface area contributed by atoms with Crippen LogP contribution in [0.2, 0.25) is 5.02 Å². The first-order valence-electron chi connectivity index (χ1n) is 8.25. The van der Waals surface area contributed by atoms with E-state index in [4.69, 9.17) is 16.3 Å². The number of aromatic amines is 1. The molecule has 0 spiro atoms. The van der Waals surface area contributed by atoms with Crippen LogP contribution in [0.3, 0.4) is 0 Å².